The molecule has 0 bridgehead atoms. The summed E-state index contributed by atoms with van der Waals surface area (Å²) < 4.78 is 11.1. The number of ether oxygens (including phenoxy) is 2. The van der Waals surface area contributed by atoms with Gasteiger partial charge in [0.15, 0.2) is 0 Å². The van der Waals surface area contributed by atoms with E-state index in [2.05, 4.69) is 46.8 Å². The predicted octanol–water partition coefficient (Wildman–Crippen LogP) is 5.01. The Morgan fingerprint density at radius 3 is 2.22 bits per heavy atom. The second-order valence-corrected chi connectivity index (χ2v) is 8.43. The molecule has 4 heteroatoms. The maximum atomic E-state index is 8.39. The normalized spacial score (nSPS) is 12.0. The molecule has 0 aliphatic carbocycles. The average Bonchev–Trinajstić information content (AvgIpc) is 2.44. The molecule has 0 aliphatic heterocycles. The SMILES string of the molecule is CC(C)(C)CC(C)(C)c1ccc(OCCOCCSC#N)cc1. The highest BCUT2D eigenvalue weighted by Gasteiger charge is 2.27. The predicted molar refractivity (Wildman–Crippen MR) is 97.9 cm³/mol. The molecule has 0 saturated heterocycles. The van der Waals surface area contributed by atoms with Gasteiger partial charge in [0.05, 0.1) is 13.2 Å². The molecule has 0 aliphatic rings. The Morgan fingerprint density at radius 1 is 1.00 bits per heavy atom. The third-order valence-electron chi connectivity index (χ3n) is 3.50. The van der Waals surface area contributed by atoms with Crippen LogP contribution in [0, 0.1) is 16.1 Å². The van der Waals surface area contributed by atoms with E-state index in [0.29, 0.717) is 31.0 Å². The van der Waals surface area contributed by atoms with E-state index in [4.69, 9.17) is 14.7 Å². The molecular formula is C19H29NO2S. The fourth-order valence-electron chi connectivity index (χ4n) is 2.90. The quantitative estimate of drug-likeness (QED) is 0.470. The van der Waals surface area contributed by atoms with Crippen LogP contribution >= 0.6 is 11.8 Å². The molecule has 0 radical (unpaired) electrons. The van der Waals surface area contributed by atoms with E-state index in [1.807, 2.05) is 17.5 Å². The number of benzene rings is 1. The first-order valence-electron chi connectivity index (χ1n) is 8.07. The molecule has 0 amide bonds. The van der Waals surface area contributed by atoms with Gasteiger partial charge in [0.25, 0.3) is 0 Å². The molecule has 0 saturated carbocycles. The molecule has 1 rings (SSSR count). The van der Waals surface area contributed by atoms with E-state index < -0.39 is 0 Å². The Hall–Kier alpha value is -1.18. The molecule has 128 valence electrons. The molecule has 0 heterocycles. The molecule has 23 heavy (non-hydrogen) atoms. The summed E-state index contributed by atoms with van der Waals surface area (Å²) in [7, 11) is 0. The van der Waals surface area contributed by atoms with Crippen molar-refractivity contribution in [1.29, 1.82) is 5.26 Å². The number of rotatable bonds is 9. The Kier molecular flexibility index (Phi) is 7.94. The smallest absolute Gasteiger partial charge is 0.133 e. The van der Waals surface area contributed by atoms with Crippen molar-refractivity contribution < 1.29 is 9.47 Å². The monoisotopic (exact) mass is 335 g/mol. The van der Waals surface area contributed by atoms with E-state index in [0.717, 1.165) is 12.2 Å². The van der Waals surface area contributed by atoms with Gasteiger partial charge in [-0.25, -0.2) is 0 Å². The van der Waals surface area contributed by atoms with Gasteiger partial charge in [0.2, 0.25) is 0 Å². The summed E-state index contributed by atoms with van der Waals surface area (Å²) in [5.41, 5.74) is 1.79. The van der Waals surface area contributed by atoms with Crippen LogP contribution in [0.25, 0.3) is 0 Å². The van der Waals surface area contributed by atoms with Gasteiger partial charge >= 0.3 is 0 Å². The summed E-state index contributed by atoms with van der Waals surface area (Å²) in [5.74, 6) is 1.57. The molecule has 0 atom stereocenters. The Balaban J connectivity index is 2.40. The Labute approximate surface area is 145 Å². The fourth-order valence-corrected chi connectivity index (χ4v) is 3.19. The largest absolute Gasteiger partial charge is 0.491 e. The van der Waals surface area contributed by atoms with Gasteiger partial charge in [-0.3, -0.25) is 0 Å². The van der Waals surface area contributed by atoms with Gasteiger partial charge < -0.3 is 9.47 Å². The Bertz CT molecular complexity index is 498. The lowest BCUT2D eigenvalue weighted by Crippen LogP contribution is -2.24. The summed E-state index contributed by atoms with van der Waals surface area (Å²) in [5, 5.41) is 10.4. The number of hydrogen-bond acceptors (Lipinski definition) is 4. The standard InChI is InChI=1S/C19H29NO2S/c1-18(2,3)14-19(4,5)16-6-8-17(9-7-16)22-11-10-21-12-13-23-15-20/h6-9H,10-14H2,1-5H3. The van der Waals surface area contributed by atoms with Crippen LogP contribution in [-0.4, -0.2) is 25.6 Å². The molecule has 1 aromatic carbocycles. The van der Waals surface area contributed by atoms with Gasteiger partial charge in [-0.1, -0.05) is 46.8 Å². The maximum Gasteiger partial charge on any atom is 0.133 e. The highest BCUT2D eigenvalue weighted by Crippen LogP contribution is 2.36. The van der Waals surface area contributed by atoms with Crippen molar-refractivity contribution in [3.63, 3.8) is 0 Å². The molecule has 0 fully saturated rings. The van der Waals surface area contributed by atoms with Crippen LogP contribution in [-0.2, 0) is 10.2 Å². The highest BCUT2D eigenvalue weighted by atomic mass is 32.2. The minimum atomic E-state index is 0.151. The van der Waals surface area contributed by atoms with Crippen molar-refractivity contribution in [1.82, 2.24) is 0 Å². The summed E-state index contributed by atoms with van der Waals surface area (Å²) in [6.45, 7) is 13.1. The number of nitriles is 1. The third-order valence-corrected chi connectivity index (χ3v) is 4.00. The number of nitrogens with zero attached hydrogens (tertiary/aromatic N) is 1. The van der Waals surface area contributed by atoms with Crippen molar-refractivity contribution >= 4 is 11.8 Å². The van der Waals surface area contributed by atoms with E-state index in [1.165, 1.54) is 17.3 Å². The first-order valence-corrected chi connectivity index (χ1v) is 9.05. The first kappa shape index (κ1) is 19.9. The zero-order valence-electron chi connectivity index (χ0n) is 15.0. The molecule has 0 aromatic heterocycles. The minimum Gasteiger partial charge on any atom is -0.491 e. The van der Waals surface area contributed by atoms with Crippen LogP contribution in [0.4, 0.5) is 0 Å². The number of hydrogen-bond donors (Lipinski definition) is 0. The van der Waals surface area contributed by atoms with E-state index in [-0.39, 0.29) is 5.41 Å². The highest BCUT2D eigenvalue weighted by molar-refractivity contribution is 8.03. The van der Waals surface area contributed by atoms with E-state index >= 15 is 0 Å². The second-order valence-electron chi connectivity index (χ2n) is 7.55. The molecule has 1 aromatic rings. The van der Waals surface area contributed by atoms with Gasteiger partial charge in [-0.15, -0.1) is 0 Å². The van der Waals surface area contributed by atoms with Crippen LogP contribution in [0.2, 0.25) is 0 Å². The second kappa shape index (κ2) is 9.20. The van der Waals surface area contributed by atoms with Crippen molar-refractivity contribution in [3.05, 3.63) is 29.8 Å². The minimum absolute atomic E-state index is 0.151. The lowest BCUT2D eigenvalue weighted by atomic mass is 9.72. The number of thiocyanates is 1. The van der Waals surface area contributed by atoms with Gasteiger partial charge in [-0.2, -0.15) is 5.26 Å². The third kappa shape index (κ3) is 8.29. The first-order chi connectivity index (χ1) is 10.7. The summed E-state index contributed by atoms with van der Waals surface area (Å²) in [6.07, 6.45) is 1.13. The maximum absolute atomic E-state index is 8.39. The summed E-state index contributed by atoms with van der Waals surface area (Å²) in [4.78, 5) is 0. The zero-order chi connectivity index (χ0) is 17.3. The number of thioether (sulfide) groups is 1. The van der Waals surface area contributed by atoms with Crippen molar-refractivity contribution in [3.8, 4) is 11.2 Å². The van der Waals surface area contributed by atoms with Gasteiger partial charge in [0, 0.05) is 5.75 Å². The molecule has 3 nitrogen and oxygen atoms in total. The van der Waals surface area contributed by atoms with E-state index in [1.54, 1.807) is 0 Å². The van der Waals surface area contributed by atoms with Crippen LogP contribution in [0.5, 0.6) is 5.75 Å². The molecule has 0 spiro atoms. The lowest BCUT2D eigenvalue weighted by molar-refractivity contribution is 0.112. The lowest BCUT2D eigenvalue weighted by Gasteiger charge is -2.33. The zero-order valence-corrected chi connectivity index (χ0v) is 15.8. The summed E-state index contributed by atoms with van der Waals surface area (Å²) >= 11 is 1.21. The molecule has 0 unspecified atom stereocenters. The van der Waals surface area contributed by atoms with Crippen LogP contribution in [0.3, 0.4) is 0 Å². The fraction of sp³-hybridized carbons (Fsp3) is 0.632. The van der Waals surface area contributed by atoms with Gasteiger partial charge in [0.1, 0.15) is 17.8 Å². The summed E-state index contributed by atoms with van der Waals surface area (Å²) in [6, 6.07) is 8.38. The topological polar surface area (TPSA) is 42.2 Å². The van der Waals surface area contributed by atoms with Crippen LogP contribution < -0.4 is 4.74 Å². The van der Waals surface area contributed by atoms with Gasteiger partial charge in [-0.05, 0) is 46.7 Å². The van der Waals surface area contributed by atoms with E-state index in [9.17, 15) is 0 Å². The average molecular weight is 336 g/mol. The van der Waals surface area contributed by atoms with Crippen LogP contribution in [0.1, 0.15) is 46.6 Å². The Morgan fingerprint density at radius 2 is 1.65 bits per heavy atom. The van der Waals surface area contributed by atoms with Crippen molar-refractivity contribution in [2.75, 3.05) is 25.6 Å². The molecule has 0 N–H and O–H groups in total. The van der Waals surface area contributed by atoms with Crippen molar-refractivity contribution in [2.45, 2.75) is 46.5 Å². The van der Waals surface area contributed by atoms with Crippen molar-refractivity contribution in [2.24, 2.45) is 5.41 Å². The van der Waals surface area contributed by atoms with Crippen LogP contribution in [0.15, 0.2) is 24.3 Å². The molecular weight excluding hydrogens is 306 g/mol.